The van der Waals surface area contributed by atoms with E-state index in [-0.39, 0.29) is 12.5 Å². The normalized spacial score (nSPS) is 10.3. The number of rotatable bonds is 6. The van der Waals surface area contributed by atoms with Crippen molar-refractivity contribution in [2.24, 2.45) is 11.7 Å². The Labute approximate surface area is 73.5 Å². The molecular weight excluding hydrogens is 156 g/mol. The lowest BCUT2D eigenvalue weighted by Crippen LogP contribution is -2.32. The third-order valence-corrected chi connectivity index (χ3v) is 1.15. The Morgan fingerprint density at radius 1 is 1.58 bits per heavy atom. The quantitative estimate of drug-likeness (QED) is 0.583. The third-order valence-electron chi connectivity index (χ3n) is 1.15. The molecular formula is C8H18N2O2. The van der Waals surface area contributed by atoms with Crippen molar-refractivity contribution in [2.75, 3.05) is 26.3 Å². The summed E-state index contributed by atoms with van der Waals surface area (Å²) in [5.74, 6) is 0.369. The first kappa shape index (κ1) is 11.4. The fourth-order valence-electron chi connectivity index (χ4n) is 0.650. The van der Waals surface area contributed by atoms with Crippen molar-refractivity contribution in [1.29, 1.82) is 0 Å². The minimum Gasteiger partial charge on any atom is -0.371 e. The second-order valence-electron chi connectivity index (χ2n) is 3.05. The highest BCUT2D eigenvalue weighted by atomic mass is 16.5. The molecule has 0 spiro atoms. The largest absolute Gasteiger partial charge is 0.371 e. The van der Waals surface area contributed by atoms with Crippen LogP contribution in [0.1, 0.15) is 13.8 Å². The molecule has 3 N–H and O–H groups in total. The summed E-state index contributed by atoms with van der Waals surface area (Å²) in [6, 6.07) is 0. The highest BCUT2D eigenvalue weighted by Crippen LogP contribution is 1.91. The van der Waals surface area contributed by atoms with E-state index >= 15 is 0 Å². The average Bonchev–Trinajstić information content (AvgIpc) is 2.00. The lowest BCUT2D eigenvalue weighted by atomic mass is 10.2. The van der Waals surface area contributed by atoms with E-state index < -0.39 is 0 Å². The van der Waals surface area contributed by atoms with E-state index in [1.54, 1.807) is 0 Å². The number of amides is 1. The molecule has 4 heteroatoms. The number of hydrogen-bond acceptors (Lipinski definition) is 3. The molecule has 0 aliphatic rings. The Morgan fingerprint density at radius 3 is 2.75 bits per heavy atom. The lowest BCUT2D eigenvalue weighted by Gasteiger charge is -2.06. The number of ether oxygens (including phenoxy) is 1. The highest BCUT2D eigenvalue weighted by molar-refractivity contribution is 5.77. The van der Waals surface area contributed by atoms with Crippen LogP contribution < -0.4 is 11.1 Å². The molecule has 0 saturated heterocycles. The molecule has 0 fully saturated rings. The van der Waals surface area contributed by atoms with E-state index in [9.17, 15) is 4.79 Å². The summed E-state index contributed by atoms with van der Waals surface area (Å²) in [6.45, 7) is 5.82. The van der Waals surface area contributed by atoms with Crippen LogP contribution in [0.2, 0.25) is 0 Å². The molecule has 0 rings (SSSR count). The Morgan fingerprint density at radius 2 is 2.25 bits per heavy atom. The lowest BCUT2D eigenvalue weighted by molar-refractivity contribution is -0.125. The summed E-state index contributed by atoms with van der Waals surface area (Å²) in [4.78, 5) is 10.9. The molecule has 0 aliphatic heterocycles. The number of hydrogen-bond donors (Lipinski definition) is 2. The zero-order valence-electron chi connectivity index (χ0n) is 7.80. The molecule has 0 aromatic heterocycles. The summed E-state index contributed by atoms with van der Waals surface area (Å²) in [7, 11) is 0. The molecule has 0 aromatic rings. The molecule has 1 amide bonds. The minimum atomic E-state index is -0.0962. The minimum absolute atomic E-state index is 0.0962. The van der Waals surface area contributed by atoms with Gasteiger partial charge in [-0.15, -0.1) is 0 Å². The van der Waals surface area contributed by atoms with Crippen LogP contribution >= 0.6 is 0 Å². The Bertz CT molecular complexity index is 126. The summed E-state index contributed by atoms with van der Waals surface area (Å²) in [5.41, 5.74) is 5.20. The number of carbonyl (C=O) groups is 1. The van der Waals surface area contributed by atoms with Crippen LogP contribution in [0.3, 0.4) is 0 Å². The smallest absolute Gasteiger partial charge is 0.246 e. The number of nitrogens with two attached hydrogens (primary N) is 1. The van der Waals surface area contributed by atoms with Gasteiger partial charge in [-0.3, -0.25) is 4.79 Å². The second kappa shape index (κ2) is 7.06. The van der Waals surface area contributed by atoms with Crippen LogP contribution in [0.25, 0.3) is 0 Å². The van der Waals surface area contributed by atoms with Crippen molar-refractivity contribution >= 4 is 5.91 Å². The fraction of sp³-hybridized carbons (Fsp3) is 0.875. The van der Waals surface area contributed by atoms with Crippen molar-refractivity contribution in [3.05, 3.63) is 0 Å². The van der Waals surface area contributed by atoms with Gasteiger partial charge in [-0.2, -0.15) is 0 Å². The number of nitrogens with one attached hydrogen (secondary N) is 1. The summed E-state index contributed by atoms with van der Waals surface area (Å²) < 4.78 is 5.10. The van der Waals surface area contributed by atoms with Crippen LogP contribution in [-0.2, 0) is 9.53 Å². The van der Waals surface area contributed by atoms with Gasteiger partial charge >= 0.3 is 0 Å². The molecule has 0 unspecified atom stereocenters. The SMILES string of the molecule is CC(C)COCC(=O)NCCN. The molecule has 0 heterocycles. The first-order chi connectivity index (χ1) is 5.66. The maximum Gasteiger partial charge on any atom is 0.246 e. The van der Waals surface area contributed by atoms with Gasteiger partial charge in [-0.05, 0) is 5.92 Å². The van der Waals surface area contributed by atoms with Crippen molar-refractivity contribution in [2.45, 2.75) is 13.8 Å². The summed E-state index contributed by atoms with van der Waals surface area (Å²) in [6.07, 6.45) is 0. The molecule has 0 bridgehead atoms. The Kier molecular flexibility index (Phi) is 6.70. The van der Waals surface area contributed by atoms with Gasteiger partial charge in [0.1, 0.15) is 6.61 Å². The molecule has 4 nitrogen and oxygen atoms in total. The molecule has 0 atom stereocenters. The van der Waals surface area contributed by atoms with Gasteiger partial charge in [-0.25, -0.2) is 0 Å². The van der Waals surface area contributed by atoms with Crippen molar-refractivity contribution in [3.63, 3.8) is 0 Å². The monoisotopic (exact) mass is 174 g/mol. The predicted molar refractivity (Wildman–Crippen MR) is 47.7 cm³/mol. The fourth-order valence-corrected chi connectivity index (χ4v) is 0.650. The second-order valence-corrected chi connectivity index (χ2v) is 3.05. The first-order valence-electron chi connectivity index (χ1n) is 4.21. The van der Waals surface area contributed by atoms with Crippen molar-refractivity contribution in [3.8, 4) is 0 Å². The molecule has 72 valence electrons. The third kappa shape index (κ3) is 7.50. The summed E-state index contributed by atoms with van der Waals surface area (Å²) in [5, 5.41) is 2.62. The summed E-state index contributed by atoms with van der Waals surface area (Å²) >= 11 is 0. The van der Waals surface area contributed by atoms with Gasteiger partial charge < -0.3 is 15.8 Å². The van der Waals surface area contributed by atoms with Crippen molar-refractivity contribution in [1.82, 2.24) is 5.32 Å². The van der Waals surface area contributed by atoms with E-state index in [1.165, 1.54) is 0 Å². The zero-order valence-corrected chi connectivity index (χ0v) is 7.80. The van der Waals surface area contributed by atoms with Crippen LogP contribution in [0.15, 0.2) is 0 Å². The molecule has 0 aliphatic carbocycles. The molecule has 12 heavy (non-hydrogen) atoms. The molecule has 0 radical (unpaired) electrons. The highest BCUT2D eigenvalue weighted by Gasteiger charge is 2.00. The van der Waals surface area contributed by atoms with E-state index in [4.69, 9.17) is 10.5 Å². The molecule has 0 saturated carbocycles. The van der Waals surface area contributed by atoms with E-state index in [0.29, 0.717) is 25.6 Å². The van der Waals surface area contributed by atoms with Gasteiger partial charge in [-0.1, -0.05) is 13.8 Å². The van der Waals surface area contributed by atoms with E-state index in [1.807, 2.05) is 13.8 Å². The van der Waals surface area contributed by atoms with Gasteiger partial charge in [0.15, 0.2) is 0 Å². The first-order valence-corrected chi connectivity index (χ1v) is 4.21. The van der Waals surface area contributed by atoms with Gasteiger partial charge in [0.25, 0.3) is 0 Å². The maximum atomic E-state index is 10.9. The topological polar surface area (TPSA) is 64.3 Å². The Balaban J connectivity index is 3.20. The average molecular weight is 174 g/mol. The van der Waals surface area contributed by atoms with E-state index in [0.717, 1.165) is 0 Å². The predicted octanol–water partition coefficient (Wildman–Crippen LogP) is -0.266. The molecule has 0 aromatic carbocycles. The van der Waals surface area contributed by atoms with Crippen LogP contribution in [0.5, 0.6) is 0 Å². The van der Waals surface area contributed by atoms with Crippen LogP contribution in [-0.4, -0.2) is 32.2 Å². The Hall–Kier alpha value is -0.610. The maximum absolute atomic E-state index is 10.9. The van der Waals surface area contributed by atoms with Crippen LogP contribution in [0, 0.1) is 5.92 Å². The van der Waals surface area contributed by atoms with Gasteiger partial charge in [0, 0.05) is 19.7 Å². The van der Waals surface area contributed by atoms with Gasteiger partial charge in [0.2, 0.25) is 5.91 Å². The van der Waals surface area contributed by atoms with Crippen LogP contribution in [0.4, 0.5) is 0 Å². The van der Waals surface area contributed by atoms with Gasteiger partial charge in [0.05, 0.1) is 0 Å². The number of carbonyl (C=O) groups excluding carboxylic acids is 1. The van der Waals surface area contributed by atoms with Crippen molar-refractivity contribution < 1.29 is 9.53 Å². The standard InChI is InChI=1S/C8H18N2O2/c1-7(2)5-12-6-8(11)10-4-3-9/h7H,3-6,9H2,1-2H3,(H,10,11). The zero-order chi connectivity index (χ0) is 9.40. The van der Waals surface area contributed by atoms with E-state index in [2.05, 4.69) is 5.32 Å².